The second-order valence-corrected chi connectivity index (χ2v) is 3.77. The van der Waals surface area contributed by atoms with Crippen LogP contribution in [0.2, 0.25) is 0 Å². The largest absolute Gasteiger partial charge is 0.297 e. The number of aldehydes is 1. The first-order valence-corrected chi connectivity index (χ1v) is 5.21. The number of aryl methyl sites for hydroxylation is 1. The van der Waals surface area contributed by atoms with Gasteiger partial charge in [-0.1, -0.05) is 42.0 Å². The minimum Gasteiger partial charge on any atom is -0.297 e. The maximum Gasteiger partial charge on any atom is 0.159 e. The van der Waals surface area contributed by atoms with E-state index in [0.29, 0.717) is 0 Å². The predicted molar refractivity (Wildman–Crippen MR) is 60.9 cm³/mol. The number of hydrogen-bond acceptors (Lipinski definition) is 2. The molecule has 0 aliphatic heterocycles. The van der Waals surface area contributed by atoms with Crippen molar-refractivity contribution in [2.24, 2.45) is 0 Å². The molecule has 0 bridgehead atoms. The minimum absolute atomic E-state index is 0.792. The number of carbonyl (C=O) groups excluding carboxylic acids is 1. The van der Waals surface area contributed by atoms with E-state index >= 15 is 0 Å². The molecule has 1 aromatic carbocycles. The molecule has 0 spiro atoms. The Morgan fingerprint density at radius 1 is 1.07 bits per heavy atom. The number of hydrogen-bond donors (Lipinski definition) is 0. The summed E-state index contributed by atoms with van der Waals surface area (Å²) in [5.74, 6) is 0. The fourth-order valence-corrected chi connectivity index (χ4v) is 1.42. The monoisotopic (exact) mass is 204 g/mol. The molecule has 0 aliphatic carbocycles. The maximum absolute atomic E-state index is 9.88. The first kappa shape index (κ1) is 10.7. The van der Waals surface area contributed by atoms with Crippen molar-refractivity contribution in [3.05, 3.63) is 58.3 Å². The van der Waals surface area contributed by atoms with Gasteiger partial charge in [0.15, 0.2) is 6.29 Å². The van der Waals surface area contributed by atoms with Gasteiger partial charge in [0.05, 0.1) is 4.88 Å². The van der Waals surface area contributed by atoms with Gasteiger partial charge in [0.2, 0.25) is 0 Å². The molecule has 1 aromatic heterocycles. The lowest BCUT2D eigenvalue weighted by molar-refractivity contribution is 0.112. The van der Waals surface area contributed by atoms with Crippen LogP contribution in [0.5, 0.6) is 0 Å². The number of benzene rings is 1. The zero-order chi connectivity index (χ0) is 10.2. The topological polar surface area (TPSA) is 17.1 Å². The van der Waals surface area contributed by atoms with Crippen LogP contribution in [0.1, 0.15) is 15.2 Å². The summed E-state index contributed by atoms with van der Waals surface area (Å²) in [5.41, 5.74) is 1.32. The van der Waals surface area contributed by atoms with E-state index in [0.717, 1.165) is 11.2 Å². The van der Waals surface area contributed by atoms with Crippen molar-refractivity contribution in [3.63, 3.8) is 0 Å². The van der Waals surface area contributed by atoms with Gasteiger partial charge in [-0.2, -0.15) is 0 Å². The highest BCUT2D eigenvalue weighted by molar-refractivity contribution is 7.11. The molecule has 0 N–H and O–H groups in total. The van der Waals surface area contributed by atoms with E-state index in [9.17, 15) is 4.79 Å². The van der Waals surface area contributed by atoms with Crippen molar-refractivity contribution in [3.8, 4) is 0 Å². The van der Waals surface area contributed by atoms with Crippen LogP contribution >= 0.6 is 11.3 Å². The average Bonchev–Trinajstić information content (AvgIpc) is 2.72. The molecule has 0 fully saturated rings. The Morgan fingerprint density at radius 2 is 1.79 bits per heavy atom. The molecular weight excluding hydrogens is 192 g/mol. The van der Waals surface area contributed by atoms with Crippen LogP contribution in [0, 0.1) is 6.92 Å². The van der Waals surface area contributed by atoms with Gasteiger partial charge in [-0.3, -0.25) is 4.79 Å². The highest BCUT2D eigenvalue weighted by Crippen LogP contribution is 2.03. The summed E-state index contributed by atoms with van der Waals surface area (Å²) in [4.78, 5) is 10.7. The van der Waals surface area contributed by atoms with Gasteiger partial charge in [-0.25, -0.2) is 0 Å². The Kier molecular flexibility index (Phi) is 4.65. The quantitative estimate of drug-likeness (QED) is 0.649. The lowest BCUT2D eigenvalue weighted by Gasteiger charge is -1.82. The van der Waals surface area contributed by atoms with Crippen LogP contribution in [0.4, 0.5) is 0 Å². The molecule has 2 aromatic rings. The molecule has 14 heavy (non-hydrogen) atoms. The van der Waals surface area contributed by atoms with Crippen LogP contribution in [0.25, 0.3) is 0 Å². The zero-order valence-corrected chi connectivity index (χ0v) is 8.83. The van der Waals surface area contributed by atoms with E-state index in [2.05, 4.69) is 19.1 Å². The zero-order valence-electron chi connectivity index (χ0n) is 8.01. The third kappa shape index (κ3) is 4.01. The molecule has 2 rings (SSSR count). The molecule has 1 nitrogen and oxygen atoms in total. The molecule has 1 heterocycles. The third-order valence-corrected chi connectivity index (χ3v) is 2.40. The molecule has 2 heteroatoms. The molecular formula is C12H12OS. The summed E-state index contributed by atoms with van der Waals surface area (Å²) in [5, 5.41) is 1.88. The lowest BCUT2D eigenvalue weighted by atomic mass is 10.2. The van der Waals surface area contributed by atoms with Crippen molar-refractivity contribution in [2.75, 3.05) is 0 Å². The Bertz CT molecular complexity index is 351. The molecule has 0 saturated heterocycles. The minimum atomic E-state index is 0.792. The molecule has 0 aliphatic rings. The lowest BCUT2D eigenvalue weighted by Crippen LogP contribution is -1.62. The van der Waals surface area contributed by atoms with Gasteiger partial charge in [0, 0.05) is 0 Å². The summed E-state index contributed by atoms with van der Waals surface area (Å²) in [7, 11) is 0. The molecule has 0 radical (unpaired) electrons. The standard InChI is InChI=1S/C7H8.C5H4OS/c1-7-5-3-2-4-6-7;6-4-5-2-1-3-7-5/h2-6H,1H3;1-4H. The second-order valence-electron chi connectivity index (χ2n) is 2.79. The predicted octanol–water partition coefficient (Wildman–Crippen LogP) is 3.56. The average molecular weight is 204 g/mol. The summed E-state index contributed by atoms with van der Waals surface area (Å²) in [6, 6.07) is 13.9. The van der Waals surface area contributed by atoms with E-state index < -0.39 is 0 Å². The highest BCUT2D eigenvalue weighted by Gasteiger charge is 1.82. The number of carbonyl (C=O) groups is 1. The van der Waals surface area contributed by atoms with Gasteiger partial charge < -0.3 is 0 Å². The number of rotatable bonds is 1. The van der Waals surface area contributed by atoms with Gasteiger partial charge in [-0.15, -0.1) is 11.3 Å². The van der Waals surface area contributed by atoms with Crippen molar-refractivity contribution < 1.29 is 4.79 Å². The van der Waals surface area contributed by atoms with Crippen LogP contribution in [-0.4, -0.2) is 6.29 Å². The smallest absolute Gasteiger partial charge is 0.159 e. The summed E-state index contributed by atoms with van der Waals surface area (Å²) in [6.07, 6.45) is 0.852. The molecule has 0 atom stereocenters. The molecule has 0 amide bonds. The van der Waals surface area contributed by atoms with E-state index in [-0.39, 0.29) is 0 Å². The van der Waals surface area contributed by atoms with E-state index in [1.54, 1.807) is 6.07 Å². The molecule has 0 unspecified atom stereocenters. The second kappa shape index (κ2) is 6.11. The Morgan fingerprint density at radius 3 is 2.07 bits per heavy atom. The van der Waals surface area contributed by atoms with Crippen LogP contribution in [-0.2, 0) is 0 Å². The van der Waals surface area contributed by atoms with Gasteiger partial charge in [-0.05, 0) is 18.4 Å². The van der Waals surface area contributed by atoms with Crippen molar-refractivity contribution >= 4 is 17.6 Å². The number of thiophene rings is 1. The molecule has 72 valence electrons. The Balaban J connectivity index is 0.000000140. The Labute approximate surface area is 88.0 Å². The highest BCUT2D eigenvalue weighted by atomic mass is 32.1. The van der Waals surface area contributed by atoms with Crippen LogP contribution in [0.3, 0.4) is 0 Å². The summed E-state index contributed by atoms with van der Waals surface area (Å²) >= 11 is 1.45. The normalized spacial score (nSPS) is 8.64. The first-order chi connectivity index (χ1) is 6.83. The SMILES string of the molecule is Cc1ccccc1.O=Cc1cccs1. The Hall–Kier alpha value is -1.41. The van der Waals surface area contributed by atoms with E-state index in [4.69, 9.17) is 0 Å². The summed E-state index contributed by atoms with van der Waals surface area (Å²) < 4.78 is 0. The summed E-state index contributed by atoms with van der Waals surface area (Å²) in [6.45, 7) is 2.08. The van der Waals surface area contributed by atoms with Crippen molar-refractivity contribution in [1.82, 2.24) is 0 Å². The van der Waals surface area contributed by atoms with Gasteiger partial charge >= 0.3 is 0 Å². The maximum atomic E-state index is 9.88. The van der Waals surface area contributed by atoms with E-state index in [1.807, 2.05) is 29.6 Å². The van der Waals surface area contributed by atoms with Gasteiger partial charge in [0.25, 0.3) is 0 Å². The molecule has 0 saturated carbocycles. The van der Waals surface area contributed by atoms with Crippen LogP contribution < -0.4 is 0 Å². The van der Waals surface area contributed by atoms with Crippen molar-refractivity contribution in [2.45, 2.75) is 6.92 Å². The van der Waals surface area contributed by atoms with E-state index in [1.165, 1.54) is 16.9 Å². The fourth-order valence-electron chi connectivity index (χ4n) is 0.893. The first-order valence-electron chi connectivity index (χ1n) is 4.33. The van der Waals surface area contributed by atoms with Crippen LogP contribution in [0.15, 0.2) is 47.8 Å². The van der Waals surface area contributed by atoms with Crippen molar-refractivity contribution in [1.29, 1.82) is 0 Å². The van der Waals surface area contributed by atoms with Gasteiger partial charge in [0.1, 0.15) is 0 Å². The third-order valence-electron chi connectivity index (χ3n) is 1.60. The fraction of sp³-hybridized carbons (Fsp3) is 0.0833.